The minimum Gasteiger partial charge on any atom is -2.00 e. The largest absolute Gasteiger partial charge is 3.00 e. The molecule has 49 valence electrons. The number of hydrogen-bond acceptors (Lipinski definition) is 0. The van der Waals surface area contributed by atoms with Crippen molar-refractivity contribution < 1.29 is 73.4 Å². The summed E-state index contributed by atoms with van der Waals surface area (Å²) in [7, 11) is 0. The zero-order valence-corrected chi connectivity index (χ0v) is 6.02. The Morgan fingerprint density at radius 3 is 0.571 bits per heavy atom. The van der Waals surface area contributed by atoms with Gasteiger partial charge < -0.3 is 21.9 Å². The van der Waals surface area contributed by atoms with E-state index in [1.807, 2.05) is 0 Å². The van der Waals surface area contributed by atoms with Gasteiger partial charge >= 0.3 is 51.5 Å². The molecule has 7 heavy (non-hydrogen) atoms. The minimum absolute atomic E-state index is 0. The number of rotatable bonds is 0. The summed E-state index contributed by atoms with van der Waals surface area (Å²) < 4.78 is 0. The summed E-state index contributed by atoms with van der Waals surface area (Å²) in [5.41, 5.74) is 0. The molecule has 0 aliphatic heterocycles. The van der Waals surface area contributed by atoms with Gasteiger partial charge in [0.15, 0.2) is 0 Å². The predicted molar refractivity (Wildman–Crippen MR) is 2.75 cm³/mol. The van der Waals surface area contributed by atoms with Gasteiger partial charge in [-0.2, -0.15) is 0 Å². The minimum atomic E-state index is 0. The van der Waals surface area contributed by atoms with Gasteiger partial charge in [0, 0.05) is 0 Å². The van der Waals surface area contributed by atoms with E-state index in [0.717, 1.165) is 0 Å². The van der Waals surface area contributed by atoms with Gasteiger partial charge in [-0.3, -0.25) is 0 Å². The quantitative estimate of drug-likeness (QED) is 0.505. The van der Waals surface area contributed by atoms with Crippen LogP contribution in [0.2, 0.25) is 0 Å². The first-order chi connectivity index (χ1) is 0. The maximum Gasteiger partial charge on any atom is 3.00 e. The van der Waals surface area contributed by atoms with Gasteiger partial charge in [-0.05, 0) is 0 Å². The maximum absolute atomic E-state index is 0. The Bertz CT molecular complexity index is 11.7. The average molecular weight is 235 g/mol. The molecule has 4 nitrogen and oxygen atoms in total. The summed E-state index contributed by atoms with van der Waals surface area (Å²) in [6, 6.07) is 0. The Hall–Kier alpha value is 1.41. The monoisotopic (exact) mass is 235 g/mol. The molecular weight excluding hydrogens is 235 g/mol. The second-order valence-electron chi connectivity index (χ2n) is 0. The van der Waals surface area contributed by atoms with E-state index in [1.165, 1.54) is 0 Å². The molecular formula is CrCuFeO4. The van der Waals surface area contributed by atoms with Crippen LogP contribution in [-0.2, 0) is 73.4 Å². The summed E-state index contributed by atoms with van der Waals surface area (Å²) in [5.74, 6) is 0. The maximum atomic E-state index is 0. The van der Waals surface area contributed by atoms with Crippen molar-refractivity contribution in [1.82, 2.24) is 0 Å². The summed E-state index contributed by atoms with van der Waals surface area (Å²) in [6.45, 7) is 0. The van der Waals surface area contributed by atoms with Crippen LogP contribution in [0.4, 0.5) is 0 Å². The second kappa shape index (κ2) is 153. The first-order valence-corrected chi connectivity index (χ1v) is 0. The molecule has 0 aliphatic carbocycles. The third kappa shape index (κ3) is 109. The van der Waals surface area contributed by atoms with E-state index >= 15 is 0 Å². The fourth-order valence-electron chi connectivity index (χ4n) is 0. The van der Waals surface area contributed by atoms with Crippen LogP contribution in [0.25, 0.3) is 0 Å². The summed E-state index contributed by atoms with van der Waals surface area (Å²) >= 11 is 0. The molecule has 0 saturated carbocycles. The van der Waals surface area contributed by atoms with Crippen molar-refractivity contribution in [1.29, 1.82) is 0 Å². The molecule has 0 aromatic rings. The molecule has 0 aromatic heterocycles. The Labute approximate surface area is 73.4 Å². The fraction of sp³-hybridized carbons (Fsp3) is 0. The first kappa shape index (κ1) is 232. The topological polar surface area (TPSA) is 114 Å². The van der Waals surface area contributed by atoms with Crippen molar-refractivity contribution in [2.24, 2.45) is 0 Å². The van der Waals surface area contributed by atoms with Gasteiger partial charge in [-0.15, -0.1) is 0 Å². The average Bonchev–Trinajstić information content (AvgIpc) is 0. The number of hydrogen-bond donors (Lipinski definition) is 0. The molecule has 0 bridgehead atoms. The van der Waals surface area contributed by atoms with Gasteiger partial charge in [-0.1, -0.05) is 0 Å². The standard InChI is InChI=1S/Cr.Cu.Fe.4O/q+3;+2;+3;4*-2. The SMILES string of the molecule is [Cr+3].[Cu+2].[Fe+3].[O-2].[O-2].[O-2].[O-2]. The Kier molecular flexibility index (Phi) is 5070. The van der Waals surface area contributed by atoms with Crippen LogP contribution in [0, 0.1) is 0 Å². The summed E-state index contributed by atoms with van der Waals surface area (Å²) in [4.78, 5) is 0. The molecule has 0 aliphatic rings. The van der Waals surface area contributed by atoms with Crippen LogP contribution in [0.1, 0.15) is 0 Å². The Balaban J connectivity index is 0. The molecule has 3 radical (unpaired) electrons. The summed E-state index contributed by atoms with van der Waals surface area (Å²) in [5, 5.41) is 0. The summed E-state index contributed by atoms with van der Waals surface area (Å²) in [6.07, 6.45) is 0. The van der Waals surface area contributed by atoms with Gasteiger partial charge in [0.2, 0.25) is 0 Å². The smallest absolute Gasteiger partial charge is 2.00 e. The van der Waals surface area contributed by atoms with Crippen molar-refractivity contribution in [2.75, 3.05) is 0 Å². The van der Waals surface area contributed by atoms with E-state index in [0.29, 0.717) is 0 Å². The van der Waals surface area contributed by atoms with E-state index in [4.69, 9.17) is 0 Å². The zero-order chi connectivity index (χ0) is 0. The van der Waals surface area contributed by atoms with Crippen LogP contribution in [-0.4, -0.2) is 0 Å². The van der Waals surface area contributed by atoms with Crippen molar-refractivity contribution in [3.8, 4) is 0 Å². The molecule has 0 fully saturated rings. The molecule has 0 unspecified atom stereocenters. The van der Waals surface area contributed by atoms with Crippen molar-refractivity contribution >= 4 is 0 Å². The van der Waals surface area contributed by atoms with Gasteiger partial charge in [-0.25, -0.2) is 0 Å². The molecule has 7 heteroatoms. The Morgan fingerprint density at radius 1 is 0.571 bits per heavy atom. The van der Waals surface area contributed by atoms with Crippen molar-refractivity contribution in [3.63, 3.8) is 0 Å². The van der Waals surface area contributed by atoms with E-state index in [-0.39, 0.29) is 73.4 Å². The molecule has 0 aromatic carbocycles. The van der Waals surface area contributed by atoms with E-state index in [9.17, 15) is 0 Å². The second-order valence-corrected chi connectivity index (χ2v) is 0. The fourth-order valence-corrected chi connectivity index (χ4v) is 0. The molecule has 0 spiro atoms. The van der Waals surface area contributed by atoms with Gasteiger partial charge in [0.25, 0.3) is 0 Å². The zero-order valence-electron chi connectivity index (χ0n) is 2.70. The molecule has 0 saturated heterocycles. The van der Waals surface area contributed by atoms with E-state index < -0.39 is 0 Å². The van der Waals surface area contributed by atoms with Crippen LogP contribution in [0.5, 0.6) is 0 Å². The third-order valence-corrected chi connectivity index (χ3v) is 0. The molecule has 0 N–H and O–H groups in total. The van der Waals surface area contributed by atoms with Crippen LogP contribution < -0.4 is 0 Å². The van der Waals surface area contributed by atoms with Crippen molar-refractivity contribution in [3.05, 3.63) is 0 Å². The molecule has 0 amide bonds. The van der Waals surface area contributed by atoms with E-state index in [2.05, 4.69) is 0 Å². The predicted octanol–water partition coefficient (Wildman–Crippen LogP) is -0.483. The molecule has 0 heterocycles. The van der Waals surface area contributed by atoms with Crippen LogP contribution in [0.3, 0.4) is 0 Å². The van der Waals surface area contributed by atoms with Gasteiger partial charge in [0.05, 0.1) is 0 Å². The Morgan fingerprint density at radius 2 is 0.571 bits per heavy atom. The first-order valence-electron chi connectivity index (χ1n) is 0. The third-order valence-electron chi connectivity index (χ3n) is 0. The normalized spacial score (nSPS) is 0. The van der Waals surface area contributed by atoms with Crippen LogP contribution >= 0.6 is 0 Å². The van der Waals surface area contributed by atoms with E-state index in [1.54, 1.807) is 0 Å². The molecule has 0 rings (SSSR count). The van der Waals surface area contributed by atoms with Crippen molar-refractivity contribution in [2.45, 2.75) is 0 Å². The van der Waals surface area contributed by atoms with Crippen LogP contribution in [0.15, 0.2) is 0 Å². The molecule has 0 atom stereocenters. The van der Waals surface area contributed by atoms with Gasteiger partial charge in [0.1, 0.15) is 0 Å².